The number of nitrogens with one attached hydrogen (secondary N) is 1. The monoisotopic (exact) mass is 265 g/mol. The van der Waals surface area contributed by atoms with Gasteiger partial charge < -0.3 is 14.8 Å². The third-order valence-corrected chi connectivity index (χ3v) is 2.97. The number of methoxy groups -OCH3 is 1. The lowest BCUT2D eigenvalue weighted by molar-refractivity contribution is 0.157. The molecule has 19 heavy (non-hydrogen) atoms. The summed E-state index contributed by atoms with van der Waals surface area (Å²) in [5, 5.41) is 3.54. The fraction of sp³-hybridized carbons (Fsp3) is 0.625. The molecule has 0 saturated heterocycles. The van der Waals surface area contributed by atoms with Crippen LogP contribution >= 0.6 is 0 Å². The van der Waals surface area contributed by atoms with Crippen molar-refractivity contribution < 1.29 is 9.47 Å². The topological polar surface area (TPSA) is 30.5 Å². The normalized spacial score (nSPS) is 14.4. The van der Waals surface area contributed by atoms with Crippen molar-refractivity contribution in [3.63, 3.8) is 0 Å². The Morgan fingerprint density at radius 2 is 1.79 bits per heavy atom. The first kappa shape index (κ1) is 16.0. The largest absolute Gasteiger partial charge is 0.491 e. The highest BCUT2D eigenvalue weighted by Gasteiger charge is 2.12. The maximum atomic E-state index is 5.86. The lowest BCUT2D eigenvalue weighted by Crippen LogP contribution is -2.27. The van der Waals surface area contributed by atoms with Crippen molar-refractivity contribution >= 4 is 0 Å². The Morgan fingerprint density at radius 3 is 2.42 bits per heavy atom. The highest BCUT2D eigenvalue weighted by Crippen LogP contribution is 2.25. The minimum Gasteiger partial charge on any atom is -0.491 e. The number of hydrogen-bond donors (Lipinski definition) is 1. The van der Waals surface area contributed by atoms with Crippen LogP contribution in [0.4, 0.5) is 0 Å². The molecular weight excluding hydrogens is 238 g/mol. The molecule has 2 unspecified atom stereocenters. The fourth-order valence-corrected chi connectivity index (χ4v) is 2.03. The lowest BCUT2D eigenvalue weighted by Gasteiger charge is -2.21. The lowest BCUT2D eigenvalue weighted by atomic mass is 10.1. The van der Waals surface area contributed by atoms with Crippen LogP contribution in [-0.2, 0) is 4.74 Å². The van der Waals surface area contributed by atoms with Gasteiger partial charge in [-0.3, -0.25) is 0 Å². The Bertz CT molecular complexity index is 366. The third-order valence-electron chi connectivity index (χ3n) is 2.97. The number of para-hydroxylation sites is 1. The van der Waals surface area contributed by atoms with E-state index in [0.717, 1.165) is 18.9 Å². The van der Waals surface area contributed by atoms with E-state index in [2.05, 4.69) is 45.1 Å². The van der Waals surface area contributed by atoms with E-state index in [1.54, 1.807) is 7.11 Å². The first-order chi connectivity index (χ1) is 9.04. The molecule has 1 rings (SSSR count). The van der Waals surface area contributed by atoms with E-state index in [-0.39, 0.29) is 12.1 Å². The molecule has 0 aliphatic carbocycles. The second-order valence-electron chi connectivity index (χ2n) is 5.39. The van der Waals surface area contributed by atoms with Crippen LogP contribution in [-0.4, -0.2) is 26.4 Å². The van der Waals surface area contributed by atoms with E-state index in [4.69, 9.17) is 9.47 Å². The molecule has 2 atom stereocenters. The van der Waals surface area contributed by atoms with Gasteiger partial charge in [-0.1, -0.05) is 25.1 Å². The van der Waals surface area contributed by atoms with E-state index in [1.807, 2.05) is 12.1 Å². The highest BCUT2D eigenvalue weighted by molar-refractivity contribution is 5.35. The van der Waals surface area contributed by atoms with E-state index in [1.165, 1.54) is 5.56 Å². The van der Waals surface area contributed by atoms with Gasteiger partial charge in [0, 0.05) is 31.9 Å². The zero-order valence-corrected chi connectivity index (χ0v) is 12.8. The van der Waals surface area contributed by atoms with E-state index < -0.39 is 0 Å². The average Bonchev–Trinajstić information content (AvgIpc) is 2.36. The van der Waals surface area contributed by atoms with Crippen molar-refractivity contribution in [3.8, 4) is 5.75 Å². The summed E-state index contributed by atoms with van der Waals surface area (Å²) in [5.74, 6) is 1.47. The summed E-state index contributed by atoms with van der Waals surface area (Å²) in [7, 11) is 1.74. The molecule has 0 aromatic heterocycles. The minimum atomic E-state index is 0.195. The number of hydrogen-bond acceptors (Lipinski definition) is 3. The molecule has 0 spiro atoms. The minimum absolute atomic E-state index is 0.195. The van der Waals surface area contributed by atoms with Gasteiger partial charge in [-0.15, -0.1) is 0 Å². The molecule has 0 amide bonds. The van der Waals surface area contributed by atoms with Crippen LogP contribution in [0.1, 0.15) is 39.3 Å². The van der Waals surface area contributed by atoms with Gasteiger partial charge in [0.05, 0.1) is 6.10 Å². The number of benzene rings is 1. The first-order valence-corrected chi connectivity index (χ1v) is 7.02. The second-order valence-corrected chi connectivity index (χ2v) is 5.39. The third kappa shape index (κ3) is 5.62. The summed E-state index contributed by atoms with van der Waals surface area (Å²) in [6, 6.07) is 8.50. The molecular formula is C16H27NO2. The average molecular weight is 265 g/mol. The van der Waals surface area contributed by atoms with E-state index in [0.29, 0.717) is 5.92 Å². The summed E-state index contributed by atoms with van der Waals surface area (Å²) < 4.78 is 11.0. The number of rotatable bonds is 8. The van der Waals surface area contributed by atoms with Crippen LogP contribution in [0.5, 0.6) is 5.75 Å². The molecule has 0 bridgehead atoms. The molecule has 3 heteroatoms. The molecule has 108 valence electrons. The molecule has 0 radical (unpaired) electrons. The number of ether oxygens (including phenoxy) is 2. The van der Waals surface area contributed by atoms with Gasteiger partial charge in [0.2, 0.25) is 0 Å². The summed E-state index contributed by atoms with van der Waals surface area (Å²) in [5.41, 5.74) is 1.21. The van der Waals surface area contributed by atoms with Gasteiger partial charge in [0.1, 0.15) is 5.75 Å². The molecule has 1 aromatic carbocycles. The van der Waals surface area contributed by atoms with Crippen LogP contribution in [0.25, 0.3) is 0 Å². The van der Waals surface area contributed by atoms with Crippen LogP contribution < -0.4 is 10.1 Å². The van der Waals surface area contributed by atoms with Crippen molar-refractivity contribution in [2.24, 2.45) is 5.92 Å². The molecule has 1 N–H and O–H groups in total. The van der Waals surface area contributed by atoms with Gasteiger partial charge in [0.25, 0.3) is 0 Å². The van der Waals surface area contributed by atoms with Crippen molar-refractivity contribution in [3.05, 3.63) is 29.8 Å². The van der Waals surface area contributed by atoms with Gasteiger partial charge in [-0.2, -0.15) is 0 Å². The maximum Gasteiger partial charge on any atom is 0.124 e. The molecule has 0 fully saturated rings. The Morgan fingerprint density at radius 1 is 1.11 bits per heavy atom. The summed E-state index contributed by atoms with van der Waals surface area (Å²) in [6.07, 6.45) is 0.195. The van der Waals surface area contributed by atoms with Crippen LogP contribution in [0.2, 0.25) is 0 Å². The second kappa shape index (κ2) is 8.18. The SMILES string of the molecule is COCC(C)CNC(C)c1ccccc1OC(C)C. The standard InChI is InChI=1S/C16H27NO2/c1-12(2)19-16-9-7-6-8-15(16)14(4)17-10-13(3)11-18-5/h6-9,12-14,17H,10-11H2,1-5H3. The Hall–Kier alpha value is -1.06. The van der Waals surface area contributed by atoms with Crippen molar-refractivity contribution in [2.45, 2.75) is 39.8 Å². The molecule has 0 heterocycles. The predicted molar refractivity (Wildman–Crippen MR) is 79.7 cm³/mol. The van der Waals surface area contributed by atoms with Crippen LogP contribution in [0, 0.1) is 5.92 Å². The Balaban J connectivity index is 2.63. The van der Waals surface area contributed by atoms with Crippen molar-refractivity contribution in [1.82, 2.24) is 5.32 Å². The van der Waals surface area contributed by atoms with Gasteiger partial charge in [0.15, 0.2) is 0 Å². The summed E-state index contributed by atoms with van der Waals surface area (Å²) in [4.78, 5) is 0. The predicted octanol–water partition coefficient (Wildman–Crippen LogP) is 3.41. The molecule has 0 saturated carbocycles. The summed E-state index contributed by atoms with van der Waals surface area (Å²) >= 11 is 0. The van der Waals surface area contributed by atoms with Crippen molar-refractivity contribution in [1.29, 1.82) is 0 Å². The zero-order valence-electron chi connectivity index (χ0n) is 12.8. The van der Waals surface area contributed by atoms with E-state index >= 15 is 0 Å². The van der Waals surface area contributed by atoms with Crippen LogP contribution in [0.15, 0.2) is 24.3 Å². The molecule has 0 aliphatic heterocycles. The summed E-state index contributed by atoms with van der Waals surface area (Å²) in [6.45, 7) is 10.2. The zero-order chi connectivity index (χ0) is 14.3. The quantitative estimate of drug-likeness (QED) is 0.781. The smallest absolute Gasteiger partial charge is 0.124 e. The van der Waals surface area contributed by atoms with Gasteiger partial charge in [-0.05, 0) is 32.8 Å². The van der Waals surface area contributed by atoms with Crippen LogP contribution in [0.3, 0.4) is 0 Å². The maximum absolute atomic E-state index is 5.86. The fourth-order valence-electron chi connectivity index (χ4n) is 2.03. The Labute approximate surface area is 117 Å². The first-order valence-electron chi connectivity index (χ1n) is 7.02. The molecule has 3 nitrogen and oxygen atoms in total. The van der Waals surface area contributed by atoms with Gasteiger partial charge in [-0.25, -0.2) is 0 Å². The Kier molecular flexibility index (Phi) is 6.89. The molecule has 1 aromatic rings. The molecule has 0 aliphatic rings. The van der Waals surface area contributed by atoms with Crippen molar-refractivity contribution in [2.75, 3.05) is 20.3 Å². The van der Waals surface area contributed by atoms with E-state index in [9.17, 15) is 0 Å². The van der Waals surface area contributed by atoms with Gasteiger partial charge >= 0.3 is 0 Å². The highest BCUT2D eigenvalue weighted by atomic mass is 16.5.